The largest absolute Gasteiger partial charge is 0.353 e. The van der Waals surface area contributed by atoms with Crippen molar-refractivity contribution in [3.05, 3.63) is 52.0 Å². The van der Waals surface area contributed by atoms with Crippen molar-refractivity contribution in [2.75, 3.05) is 18.4 Å². The number of amides is 1. The van der Waals surface area contributed by atoms with Crippen LogP contribution in [0.1, 0.15) is 39.5 Å². The molecule has 6 heteroatoms. The third-order valence-corrected chi connectivity index (χ3v) is 6.75. The van der Waals surface area contributed by atoms with E-state index in [9.17, 15) is 4.79 Å². The molecule has 0 aliphatic carbocycles. The molecule has 0 radical (unpaired) electrons. The summed E-state index contributed by atoms with van der Waals surface area (Å²) in [4.78, 5) is 16.7. The second-order valence-corrected chi connectivity index (χ2v) is 8.20. The fraction of sp³-hybridized carbons (Fsp3) is 0.350. The van der Waals surface area contributed by atoms with Crippen molar-refractivity contribution in [3.63, 3.8) is 0 Å². The van der Waals surface area contributed by atoms with E-state index in [1.807, 2.05) is 19.2 Å². The first kappa shape index (κ1) is 15.9. The van der Waals surface area contributed by atoms with E-state index in [2.05, 4.69) is 45.4 Å². The van der Waals surface area contributed by atoms with Gasteiger partial charge in [-0.25, -0.2) is 0 Å². The number of nitrogens with one attached hydrogen (secondary N) is 2. The molecule has 1 amide bonds. The Labute approximate surface area is 156 Å². The van der Waals surface area contributed by atoms with Gasteiger partial charge in [-0.15, -0.1) is 11.3 Å². The number of hydrogen-bond acceptors (Lipinski definition) is 4. The number of thiophene rings is 1. The standard InChI is InChI=1S/C20H22N4OS/c1-3-24-9-8-13-16(11-24)26-20-17(13)19(25)21-18(22-20)14-10-23(2)15-7-5-4-6-12(14)15/h4-7,10,18,22H,3,8-9,11H2,1-2H3,(H,21,25)/t18-/m1/s1. The smallest absolute Gasteiger partial charge is 0.256 e. The van der Waals surface area contributed by atoms with Gasteiger partial charge in [-0.3, -0.25) is 9.69 Å². The zero-order chi connectivity index (χ0) is 17.8. The van der Waals surface area contributed by atoms with Crippen molar-refractivity contribution in [1.82, 2.24) is 14.8 Å². The summed E-state index contributed by atoms with van der Waals surface area (Å²) in [6, 6.07) is 8.32. The van der Waals surface area contributed by atoms with Crippen molar-refractivity contribution in [3.8, 4) is 0 Å². The normalized spacial score (nSPS) is 19.8. The lowest BCUT2D eigenvalue weighted by Gasteiger charge is -2.27. The average Bonchev–Trinajstić information content (AvgIpc) is 3.19. The molecule has 0 saturated heterocycles. The zero-order valence-electron chi connectivity index (χ0n) is 15.0. The maximum absolute atomic E-state index is 12.9. The van der Waals surface area contributed by atoms with E-state index in [1.54, 1.807) is 11.3 Å². The van der Waals surface area contributed by atoms with Crippen LogP contribution in [0.5, 0.6) is 0 Å². The van der Waals surface area contributed by atoms with Crippen LogP contribution in [-0.2, 0) is 20.0 Å². The van der Waals surface area contributed by atoms with Crippen molar-refractivity contribution in [2.45, 2.75) is 26.1 Å². The number of para-hydroxylation sites is 1. The summed E-state index contributed by atoms with van der Waals surface area (Å²) in [5, 5.41) is 8.98. The molecule has 1 atom stereocenters. The van der Waals surface area contributed by atoms with Crippen LogP contribution in [0.25, 0.3) is 10.9 Å². The van der Waals surface area contributed by atoms with E-state index in [-0.39, 0.29) is 12.1 Å². The number of aromatic nitrogens is 1. The number of anilines is 1. The Morgan fingerprint density at radius 1 is 1.27 bits per heavy atom. The molecule has 2 aliphatic rings. The highest BCUT2D eigenvalue weighted by atomic mass is 32.1. The minimum atomic E-state index is -0.191. The number of benzene rings is 1. The summed E-state index contributed by atoms with van der Waals surface area (Å²) in [6.45, 7) is 5.24. The fourth-order valence-corrected chi connectivity index (χ4v) is 5.51. The van der Waals surface area contributed by atoms with Gasteiger partial charge in [0.15, 0.2) is 0 Å². The van der Waals surface area contributed by atoms with Crippen molar-refractivity contribution in [1.29, 1.82) is 0 Å². The Morgan fingerprint density at radius 2 is 2.12 bits per heavy atom. The molecule has 0 bridgehead atoms. The van der Waals surface area contributed by atoms with E-state index in [1.165, 1.54) is 21.3 Å². The molecule has 3 aromatic rings. The third kappa shape index (κ3) is 2.29. The van der Waals surface area contributed by atoms with Gasteiger partial charge >= 0.3 is 0 Å². The summed E-state index contributed by atoms with van der Waals surface area (Å²) in [6.07, 6.45) is 2.88. The first-order chi connectivity index (χ1) is 12.7. The molecule has 5 rings (SSSR count). The summed E-state index contributed by atoms with van der Waals surface area (Å²) < 4.78 is 2.12. The molecular weight excluding hydrogens is 344 g/mol. The molecule has 1 aromatic carbocycles. The molecule has 0 spiro atoms. The predicted molar refractivity (Wildman–Crippen MR) is 106 cm³/mol. The Morgan fingerprint density at radius 3 is 2.96 bits per heavy atom. The molecular formula is C20H22N4OS. The Hall–Kier alpha value is -2.31. The average molecular weight is 366 g/mol. The number of carbonyl (C=O) groups excluding carboxylic acids is 1. The van der Waals surface area contributed by atoms with Gasteiger partial charge in [0, 0.05) is 47.7 Å². The van der Waals surface area contributed by atoms with Crippen LogP contribution < -0.4 is 10.6 Å². The minimum absolute atomic E-state index is 0.0548. The van der Waals surface area contributed by atoms with Crippen molar-refractivity contribution < 1.29 is 4.79 Å². The monoisotopic (exact) mass is 366 g/mol. The summed E-state index contributed by atoms with van der Waals surface area (Å²) in [7, 11) is 2.05. The van der Waals surface area contributed by atoms with Gasteiger partial charge in [-0.2, -0.15) is 0 Å². The molecule has 2 N–H and O–H groups in total. The number of aryl methyl sites for hydroxylation is 1. The van der Waals surface area contributed by atoms with Gasteiger partial charge in [0.05, 0.1) is 5.56 Å². The number of hydrogen-bond donors (Lipinski definition) is 2. The summed E-state index contributed by atoms with van der Waals surface area (Å²) in [5.41, 5.74) is 4.41. The maximum Gasteiger partial charge on any atom is 0.256 e. The van der Waals surface area contributed by atoms with Crippen LogP contribution in [0, 0.1) is 0 Å². The second kappa shape index (κ2) is 5.86. The molecule has 4 heterocycles. The SMILES string of the molecule is CCN1CCc2c(sc3c2C(=O)N[C@@H](c2cn(C)c4ccccc24)N3)C1. The lowest BCUT2D eigenvalue weighted by atomic mass is 10.0. The number of carbonyl (C=O) groups is 1. The van der Waals surface area contributed by atoms with E-state index < -0.39 is 0 Å². The molecule has 134 valence electrons. The molecule has 0 saturated carbocycles. The van der Waals surface area contributed by atoms with Crippen LogP contribution in [-0.4, -0.2) is 28.5 Å². The van der Waals surface area contributed by atoms with Gasteiger partial charge in [-0.1, -0.05) is 25.1 Å². The zero-order valence-corrected chi connectivity index (χ0v) is 15.8. The van der Waals surface area contributed by atoms with Crippen LogP contribution >= 0.6 is 11.3 Å². The van der Waals surface area contributed by atoms with Gasteiger partial charge in [0.25, 0.3) is 5.91 Å². The lowest BCUT2D eigenvalue weighted by molar-refractivity contribution is 0.0935. The highest BCUT2D eigenvalue weighted by Gasteiger charge is 2.33. The van der Waals surface area contributed by atoms with Crippen LogP contribution in [0.2, 0.25) is 0 Å². The number of rotatable bonds is 2. The fourth-order valence-electron chi connectivity index (χ4n) is 4.20. The predicted octanol–water partition coefficient (Wildman–Crippen LogP) is 3.47. The Balaban J connectivity index is 1.55. The maximum atomic E-state index is 12.9. The quantitative estimate of drug-likeness (QED) is 0.730. The molecule has 26 heavy (non-hydrogen) atoms. The summed E-state index contributed by atoms with van der Waals surface area (Å²) >= 11 is 1.75. The first-order valence-electron chi connectivity index (χ1n) is 9.14. The van der Waals surface area contributed by atoms with Crippen molar-refractivity contribution >= 4 is 33.1 Å². The highest BCUT2D eigenvalue weighted by molar-refractivity contribution is 7.16. The molecule has 2 aliphatic heterocycles. The van der Waals surface area contributed by atoms with Gasteiger partial charge < -0.3 is 15.2 Å². The molecule has 0 unspecified atom stereocenters. The number of fused-ring (bicyclic) bond motifs is 4. The lowest BCUT2D eigenvalue weighted by Crippen LogP contribution is -2.38. The van der Waals surface area contributed by atoms with E-state index >= 15 is 0 Å². The van der Waals surface area contributed by atoms with Gasteiger partial charge in [-0.05, 0) is 24.6 Å². The van der Waals surface area contributed by atoms with Crippen LogP contribution in [0.15, 0.2) is 30.5 Å². The minimum Gasteiger partial charge on any atom is -0.353 e. The number of likely N-dealkylation sites (N-methyl/N-ethyl adjacent to an activating group) is 1. The van der Waals surface area contributed by atoms with E-state index in [4.69, 9.17) is 0 Å². The molecule has 2 aromatic heterocycles. The van der Waals surface area contributed by atoms with Gasteiger partial charge in [0.1, 0.15) is 11.2 Å². The number of nitrogens with zero attached hydrogens (tertiary/aromatic N) is 2. The highest BCUT2D eigenvalue weighted by Crippen LogP contribution is 2.41. The first-order valence-corrected chi connectivity index (χ1v) is 9.95. The molecule has 0 fully saturated rings. The van der Waals surface area contributed by atoms with E-state index in [0.29, 0.717) is 0 Å². The topological polar surface area (TPSA) is 49.3 Å². The van der Waals surface area contributed by atoms with Crippen LogP contribution in [0.4, 0.5) is 5.00 Å². The Bertz CT molecular complexity index is 1020. The summed E-state index contributed by atoms with van der Waals surface area (Å²) in [5.74, 6) is 0.0548. The van der Waals surface area contributed by atoms with Crippen LogP contribution in [0.3, 0.4) is 0 Å². The molecule has 5 nitrogen and oxygen atoms in total. The third-order valence-electron chi connectivity index (χ3n) is 5.60. The van der Waals surface area contributed by atoms with Gasteiger partial charge in [0.2, 0.25) is 0 Å². The van der Waals surface area contributed by atoms with E-state index in [0.717, 1.165) is 42.2 Å². The Kier molecular flexibility index (Phi) is 3.58. The van der Waals surface area contributed by atoms with Crippen molar-refractivity contribution in [2.24, 2.45) is 7.05 Å². The second-order valence-electron chi connectivity index (χ2n) is 7.09.